The Bertz CT molecular complexity index is 420. The molecule has 0 bridgehead atoms. The molecule has 1 aromatic rings. The molecule has 0 unspecified atom stereocenters. The van der Waals surface area contributed by atoms with Gasteiger partial charge in [0.25, 0.3) is 0 Å². The number of aryl methyl sites for hydroxylation is 1. The summed E-state index contributed by atoms with van der Waals surface area (Å²) >= 11 is 0. The maximum atomic E-state index is 5.71. The van der Waals surface area contributed by atoms with Gasteiger partial charge in [0.1, 0.15) is 12.4 Å². The predicted molar refractivity (Wildman–Crippen MR) is 83.7 cm³/mol. The van der Waals surface area contributed by atoms with Crippen LogP contribution in [0.3, 0.4) is 0 Å². The second-order valence-electron chi connectivity index (χ2n) is 5.18. The van der Waals surface area contributed by atoms with E-state index in [4.69, 9.17) is 4.74 Å². The molecule has 0 fully saturated rings. The second kappa shape index (κ2) is 8.58. The van der Waals surface area contributed by atoms with Gasteiger partial charge in [-0.05, 0) is 63.8 Å². The van der Waals surface area contributed by atoms with Gasteiger partial charge in [-0.1, -0.05) is 36.3 Å². The SMILES string of the molecule is CCc1ccc(OCC=C(C)CCC=C(C)C)cc1. The smallest absolute Gasteiger partial charge is 0.119 e. The average Bonchev–Trinajstić information content (AvgIpc) is 2.39. The van der Waals surface area contributed by atoms with Crippen molar-refractivity contribution in [2.24, 2.45) is 0 Å². The van der Waals surface area contributed by atoms with Crippen molar-refractivity contribution in [1.29, 1.82) is 0 Å². The highest BCUT2D eigenvalue weighted by atomic mass is 16.5. The highest BCUT2D eigenvalue weighted by Crippen LogP contribution is 2.13. The number of allylic oxidation sites excluding steroid dienone is 3. The standard InChI is InChI=1S/C18H26O/c1-5-17-9-11-18(12-10-17)19-14-13-16(4)8-6-7-15(2)3/h7,9-13H,5-6,8,14H2,1-4H3. The fraction of sp³-hybridized carbons (Fsp3) is 0.444. The summed E-state index contributed by atoms with van der Waals surface area (Å²) in [5.41, 5.74) is 4.13. The monoisotopic (exact) mass is 258 g/mol. The van der Waals surface area contributed by atoms with E-state index in [1.54, 1.807) is 0 Å². The van der Waals surface area contributed by atoms with Crippen molar-refractivity contribution >= 4 is 0 Å². The molecule has 0 amide bonds. The largest absolute Gasteiger partial charge is 0.490 e. The highest BCUT2D eigenvalue weighted by Gasteiger charge is 1.94. The quantitative estimate of drug-likeness (QED) is 0.601. The molecule has 0 N–H and O–H groups in total. The van der Waals surface area contributed by atoms with E-state index in [0.29, 0.717) is 6.61 Å². The normalized spacial score (nSPS) is 11.3. The van der Waals surface area contributed by atoms with E-state index in [1.165, 1.54) is 16.7 Å². The van der Waals surface area contributed by atoms with E-state index in [1.807, 2.05) is 12.1 Å². The molecule has 1 heteroatoms. The van der Waals surface area contributed by atoms with Crippen LogP contribution in [0.15, 0.2) is 47.6 Å². The number of rotatable bonds is 7. The van der Waals surface area contributed by atoms with Gasteiger partial charge in [-0.3, -0.25) is 0 Å². The van der Waals surface area contributed by atoms with Crippen molar-refractivity contribution in [3.05, 3.63) is 53.1 Å². The van der Waals surface area contributed by atoms with Crippen molar-refractivity contribution in [2.75, 3.05) is 6.61 Å². The van der Waals surface area contributed by atoms with E-state index in [0.717, 1.165) is 25.0 Å². The molecular weight excluding hydrogens is 232 g/mol. The summed E-state index contributed by atoms with van der Waals surface area (Å²) in [7, 11) is 0. The van der Waals surface area contributed by atoms with Gasteiger partial charge >= 0.3 is 0 Å². The van der Waals surface area contributed by atoms with E-state index in [2.05, 4.69) is 52.0 Å². The van der Waals surface area contributed by atoms with Crippen LogP contribution in [0.2, 0.25) is 0 Å². The maximum Gasteiger partial charge on any atom is 0.119 e. The Balaban J connectivity index is 2.33. The lowest BCUT2D eigenvalue weighted by Gasteiger charge is -2.05. The molecule has 0 heterocycles. The Hall–Kier alpha value is -1.50. The average molecular weight is 258 g/mol. The Morgan fingerprint density at radius 2 is 1.74 bits per heavy atom. The molecule has 0 aliphatic rings. The van der Waals surface area contributed by atoms with Crippen molar-refractivity contribution in [3.8, 4) is 5.75 Å². The molecule has 1 aromatic carbocycles. The molecule has 1 rings (SSSR count). The molecule has 0 radical (unpaired) electrons. The third kappa shape index (κ3) is 6.85. The van der Waals surface area contributed by atoms with Crippen LogP contribution in [0, 0.1) is 0 Å². The number of hydrogen-bond donors (Lipinski definition) is 0. The van der Waals surface area contributed by atoms with E-state index < -0.39 is 0 Å². The first-order valence-electron chi connectivity index (χ1n) is 7.12. The molecule has 0 saturated carbocycles. The van der Waals surface area contributed by atoms with Gasteiger partial charge in [0, 0.05) is 0 Å². The van der Waals surface area contributed by atoms with Crippen LogP contribution in [0.1, 0.15) is 46.1 Å². The Labute approximate surface area is 118 Å². The van der Waals surface area contributed by atoms with Crippen molar-refractivity contribution in [2.45, 2.75) is 47.0 Å². The van der Waals surface area contributed by atoms with E-state index in [9.17, 15) is 0 Å². The minimum Gasteiger partial charge on any atom is -0.490 e. The van der Waals surface area contributed by atoms with Gasteiger partial charge in [-0.15, -0.1) is 0 Å². The van der Waals surface area contributed by atoms with Crippen LogP contribution < -0.4 is 4.74 Å². The molecule has 104 valence electrons. The van der Waals surface area contributed by atoms with Crippen LogP contribution in [-0.4, -0.2) is 6.61 Å². The van der Waals surface area contributed by atoms with Crippen LogP contribution in [0.4, 0.5) is 0 Å². The summed E-state index contributed by atoms with van der Waals surface area (Å²) in [4.78, 5) is 0. The van der Waals surface area contributed by atoms with E-state index >= 15 is 0 Å². The molecule has 19 heavy (non-hydrogen) atoms. The summed E-state index contributed by atoms with van der Waals surface area (Å²) in [5.74, 6) is 0.950. The lowest BCUT2D eigenvalue weighted by Crippen LogP contribution is -1.95. The molecule has 0 saturated heterocycles. The summed E-state index contributed by atoms with van der Waals surface area (Å²) < 4.78 is 5.71. The molecule has 0 aromatic heterocycles. The van der Waals surface area contributed by atoms with Gasteiger partial charge in [-0.2, -0.15) is 0 Å². The number of ether oxygens (including phenoxy) is 1. The van der Waals surface area contributed by atoms with Crippen molar-refractivity contribution in [1.82, 2.24) is 0 Å². The van der Waals surface area contributed by atoms with Gasteiger partial charge in [0.2, 0.25) is 0 Å². The molecule has 0 spiro atoms. The predicted octanol–water partition coefficient (Wildman–Crippen LogP) is 5.32. The Kier molecular flexibility index (Phi) is 7.02. The van der Waals surface area contributed by atoms with Crippen LogP contribution in [-0.2, 0) is 6.42 Å². The minimum absolute atomic E-state index is 0.659. The first kappa shape index (κ1) is 15.6. The first-order valence-corrected chi connectivity index (χ1v) is 7.12. The fourth-order valence-electron chi connectivity index (χ4n) is 1.79. The minimum atomic E-state index is 0.659. The zero-order valence-corrected chi connectivity index (χ0v) is 12.7. The van der Waals surface area contributed by atoms with Crippen molar-refractivity contribution in [3.63, 3.8) is 0 Å². The fourth-order valence-corrected chi connectivity index (χ4v) is 1.79. The lowest BCUT2D eigenvalue weighted by molar-refractivity contribution is 0.361. The van der Waals surface area contributed by atoms with E-state index in [-0.39, 0.29) is 0 Å². The molecule has 0 atom stereocenters. The molecule has 1 nitrogen and oxygen atoms in total. The molecule has 0 aliphatic heterocycles. The third-order valence-corrected chi connectivity index (χ3v) is 3.10. The molecule has 0 aliphatic carbocycles. The number of hydrogen-bond acceptors (Lipinski definition) is 1. The highest BCUT2D eigenvalue weighted by molar-refractivity contribution is 5.27. The first-order chi connectivity index (χ1) is 9.11. The summed E-state index contributed by atoms with van der Waals surface area (Å²) in [5, 5.41) is 0. The van der Waals surface area contributed by atoms with Gasteiger partial charge in [0.05, 0.1) is 0 Å². The van der Waals surface area contributed by atoms with Gasteiger partial charge < -0.3 is 4.74 Å². The maximum absolute atomic E-state index is 5.71. The second-order valence-corrected chi connectivity index (χ2v) is 5.18. The van der Waals surface area contributed by atoms with Gasteiger partial charge in [0.15, 0.2) is 0 Å². The third-order valence-electron chi connectivity index (χ3n) is 3.10. The number of benzene rings is 1. The Morgan fingerprint density at radius 1 is 1.05 bits per heavy atom. The summed E-state index contributed by atoms with van der Waals surface area (Å²) in [6.07, 6.45) is 7.76. The summed E-state index contributed by atoms with van der Waals surface area (Å²) in [6, 6.07) is 8.35. The van der Waals surface area contributed by atoms with Crippen LogP contribution in [0.25, 0.3) is 0 Å². The molecular formula is C18H26O. The van der Waals surface area contributed by atoms with Crippen molar-refractivity contribution < 1.29 is 4.74 Å². The zero-order valence-electron chi connectivity index (χ0n) is 12.7. The van der Waals surface area contributed by atoms with Gasteiger partial charge in [-0.25, -0.2) is 0 Å². The van der Waals surface area contributed by atoms with Crippen LogP contribution >= 0.6 is 0 Å². The zero-order chi connectivity index (χ0) is 14.1. The Morgan fingerprint density at radius 3 is 2.32 bits per heavy atom. The topological polar surface area (TPSA) is 9.23 Å². The summed E-state index contributed by atoms with van der Waals surface area (Å²) in [6.45, 7) is 9.27. The lowest BCUT2D eigenvalue weighted by atomic mass is 10.1. The van der Waals surface area contributed by atoms with Crippen LogP contribution in [0.5, 0.6) is 5.75 Å².